The smallest absolute Gasteiger partial charge is 0.251 e. The summed E-state index contributed by atoms with van der Waals surface area (Å²) in [4.78, 5) is 42.3. The number of likely N-dealkylation sites (tertiary alicyclic amines) is 1. The van der Waals surface area contributed by atoms with Crippen molar-refractivity contribution >= 4 is 17.7 Å². The van der Waals surface area contributed by atoms with Crippen LogP contribution in [0, 0.1) is 11.8 Å². The third kappa shape index (κ3) is 5.39. The molecule has 0 aliphatic carbocycles. The Labute approximate surface area is 178 Å². The van der Waals surface area contributed by atoms with Crippen molar-refractivity contribution in [2.45, 2.75) is 39.2 Å². The van der Waals surface area contributed by atoms with E-state index in [1.807, 2.05) is 41.8 Å². The quantitative estimate of drug-likeness (QED) is 0.770. The fraction of sp³-hybridized carbons (Fsp3) is 0.609. The number of piperidine rings is 1. The van der Waals surface area contributed by atoms with E-state index in [-0.39, 0.29) is 29.6 Å². The van der Waals surface area contributed by atoms with Crippen molar-refractivity contribution in [1.82, 2.24) is 15.1 Å². The zero-order valence-electron chi connectivity index (χ0n) is 18.0. The second-order valence-corrected chi connectivity index (χ2v) is 8.24. The van der Waals surface area contributed by atoms with E-state index in [2.05, 4.69) is 5.32 Å². The molecule has 0 bridgehead atoms. The maximum atomic E-state index is 13.2. The minimum atomic E-state index is -0.561. The van der Waals surface area contributed by atoms with Crippen molar-refractivity contribution in [3.05, 3.63) is 35.9 Å². The van der Waals surface area contributed by atoms with Crippen molar-refractivity contribution in [3.63, 3.8) is 0 Å². The standard InChI is InChI=1S/C23H33N3O4/c1-3-17(2)20(24-21(27)18-7-5-4-6-8-18)23(29)25-11-9-19(10-12-25)22(28)26-13-15-30-16-14-26/h4-8,17,19-20H,3,9-16H2,1-2H3,(H,24,27)/t17-,20-/m0/s1. The molecule has 0 radical (unpaired) electrons. The van der Waals surface area contributed by atoms with E-state index in [4.69, 9.17) is 4.74 Å². The van der Waals surface area contributed by atoms with Gasteiger partial charge in [0.2, 0.25) is 11.8 Å². The summed E-state index contributed by atoms with van der Waals surface area (Å²) in [5, 5.41) is 2.95. The minimum Gasteiger partial charge on any atom is -0.378 e. The second-order valence-electron chi connectivity index (χ2n) is 8.24. The van der Waals surface area contributed by atoms with Crippen molar-refractivity contribution in [1.29, 1.82) is 0 Å². The van der Waals surface area contributed by atoms with Crippen LogP contribution in [0.25, 0.3) is 0 Å². The zero-order valence-corrected chi connectivity index (χ0v) is 18.0. The molecule has 7 heteroatoms. The second kappa shape index (κ2) is 10.6. The Kier molecular flexibility index (Phi) is 7.85. The van der Waals surface area contributed by atoms with Crippen LogP contribution in [0.4, 0.5) is 0 Å². The van der Waals surface area contributed by atoms with Gasteiger partial charge in [0, 0.05) is 37.7 Å². The number of hydrogen-bond acceptors (Lipinski definition) is 4. The number of carbonyl (C=O) groups excluding carboxylic acids is 3. The molecule has 7 nitrogen and oxygen atoms in total. The van der Waals surface area contributed by atoms with Gasteiger partial charge in [0.1, 0.15) is 6.04 Å². The largest absolute Gasteiger partial charge is 0.378 e. The molecule has 3 amide bonds. The third-order valence-electron chi connectivity index (χ3n) is 6.28. The SMILES string of the molecule is CC[C@H](C)[C@H](NC(=O)c1ccccc1)C(=O)N1CCC(C(=O)N2CCOCC2)CC1. The summed E-state index contributed by atoms with van der Waals surface area (Å²) in [5.74, 6) is -0.107. The van der Waals surface area contributed by atoms with E-state index >= 15 is 0 Å². The molecule has 2 atom stereocenters. The molecule has 1 aromatic rings. The number of benzene rings is 1. The zero-order chi connectivity index (χ0) is 21.5. The molecule has 3 rings (SSSR count). The van der Waals surface area contributed by atoms with Crippen LogP contribution < -0.4 is 5.32 Å². The van der Waals surface area contributed by atoms with Gasteiger partial charge < -0.3 is 19.9 Å². The molecule has 2 saturated heterocycles. The van der Waals surface area contributed by atoms with E-state index in [1.165, 1.54) is 0 Å². The van der Waals surface area contributed by atoms with Crippen LogP contribution in [0.3, 0.4) is 0 Å². The molecule has 0 unspecified atom stereocenters. The van der Waals surface area contributed by atoms with Gasteiger partial charge in [0.05, 0.1) is 13.2 Å². The van der Waals surface area contributed by atoms with E-state index < -0.39 is 6.04 Å². The lowest BCUT2D eigenvalue weighted by Gasteiger charge is -2.37. The summed E-state index contributed by atoms with van der Waals surface area (Å²) in [6.45, 7) is 7.61. The Bertz CT molecular complexity index is 725. The number of nitrogens with zero attached hydrogens (tertiary/aromatic N) is 2. The van der Waals surface area contributed by atoms with Gasteiger partial charge in [0.15, 0.2) is 0 Å². The topological polar surface area (TPSA) is 79.0 Å². The lowest BCUT2D eigenvalue weighted by atomic mass is 9.92. The Balaban J connectivity index is 1.58. The maximum Gasteiger partial charge on any atom is 0.251 e. The van der Waals surface area contributed by atoms with Crippen molar-refractivity contribution in [2.24, 2.45) is 11.8 Å². The average Bonchev–Trinajstić information content (AvgIpc) is 2.82. The minimum absolute atomic E-state index is 0.0258. The number of ether oxygens (including phenoxy) is 1. The number of morpholine rings is 1. The molecule has 164 valence electrons. The molecule has 0 aromatic heterocycles. The number of carbonyl (C=O) groups is 3. The highest BCUT2D eigenvalue weighted by Crippen LogP contribution is 2.22. The van der Waals surface area contributed by atoms with Gasteiger partial charge in [-0.2, -0.15) is 0 Å². The lowest BCUT2D eigenvalue weighted by molar-refractivity contribution is -0.144. The third-order valence-corrected chi connectivity index (χ3v) is 6.28. The Morgan fingerprint density at radius 3 is 2.27 bits per heavy atom. The van der Waals surface area contributed by atoms with E-state index in [1.54, 1.807) is 12.1 Å². The van der Waals surface area contributed by atoms with E-state index in [9.17, 15) is 14.4 Å². The first-order valence-electron chi connectivity index (χ1n) is 11.0. The first kappa shape index (κ1) is 22.3. The highest BCUT2D eigenvalue weighted by molar-refractivity contribution is 5.97. The monoisotopic (exact) mass is 415 g/mol. The van der Waals surface area contributed by atoms with Gasteiger partial charge in [-0.25, -0.2) is 0 Å². The number of amides is 3. The summed E-state index contributed by atoms with van der Waals surface area (Å²) >= 11 is 0. The van der Waals surface area contributed by atoms with E-state index in [0.29, 0.717) is 57.8 Å². The first-order valence-corrected chi connectivity index (χ1v) is 11.0. The Morgan fingerprint density at radius 1 is 1.03 bits per heavy atom. The van der Waals surface area contributed by atoms with Gasteiger partial charge in [0.25, 0.3) is 5.91 Å². The number of nitrogens with one attached hydrogen (secondary N) is 1. The average molecular weight is 416 g/mol. The summed E-state index contributed by atoms with van der Waals surface area (Å²) in [6.07, 6.45) is 2.13. The van der Waals surface area contributed by atoms with Crippen LogP contribution in [0.15, 0.2) is 30.3 Å². The van der Waals surface area contributed by atoms with Crippen LogP contribution in [-0.2, 0) is 14.3 Å². The van der Waals surface area contributed by atoms with Crippen LogP contribution in [0.1, 0.15) is 43.5 Å². The highest BCUT2D eigenvalue weighted by Gasteiger charge is 2.35. The van der Waals surface area contributed by atoms with Crippen molar-refractivity contribution in [2.75, 3.05) is 39.4 Å². The van der Waals surface area contributed by atoms with Crippen LogP contribution in [0.5, 0.6) is 0 Å². The normalized spacial score (nSPS) is 19.8. The molecule has 2 aliphatic rings. The lowest BCUT2D eigenvalue weighted by Crippen LogP contribution is -2.54. The molecule has 1 aromatic carbocycles. The first-order chi connectivity index (χ1) is 14.5. The summed E-state index contributed by atoms with van der Waals surface area (Å²) in [5.41, 5.74) is 0.549. The molecule has 2 heterocycles. The summed E-state index contributed by atoms with van der Waals surface area (Å²) in [7, 11) is 0. The predicted octanol–water partition coefficient (Wildman–Crippen LogP) is 1.93. The highest BCUT2D eigenvalue weighted by atomic mass is 16.5. The van der Waals surface area contributed by atoms with Gasteiger partial charge in [-0.1, -0.05) is 38.5 Å². The predicted molar refractivity (Wildman–Crippen MR) is 114 cm³/mol. The van der Waals surface area contributed by atoms with Gasteiger partial charge in [-0.3, -0.25) is 14.4 Å². The fourth-order valence-corrected chi connectivity index (χ4v) is 4.08. The molecular formula is C23H33N3O4. The molecule has 0 spiro atoms. The summed E-state index contributed by atoms with van der Waals surface area (Å²) < 4.78 is 5.33. The van der Waals surface area contributed by atoms with Crippen molar-refractivity contribution < 1.29 is 19.1 Å². The fourth-order valence-electron chi connectivity index (χ4n) is 4.08. The summed E-state index contributed by atoms with van der Waals surface area (Å²) in [6, 6.07) is 8.41. The molecule has 30 heavy (non-hydrogen) atoms. The Morgan fingerprint density at radius 2 is 1.67 bits per heavy atom. The van der Waals surface area contributed by atoms with E-state index in [0.717, 1.165) is 6.42 Å². The molecule has 2 fully saturated rings. The molecule has 1 N–H and O–H groups in total. The van der Waals surface area contributed by atoms with Crippen molar-refractivity contribution in [3.8, 4) is 0 Å². The molecular weight excluding hydrogens is 382 g/mol. The number of rotatable bonds is 6. The van der Waals surface area contributed by atoms with Gasteiger partial charge >= 0.3 is 0 Å². The molecule has 2 aliphatic heterocycles. The van der Waals surface area contributed by atoms with Crippen LogP contribution >= 0.6 is 0 Å². The van der Waals surface area contributed by atoms with Crippen LogP contribution in [0.2, 0.25) is 0 Å². The number of hydrogen-bond donors (Lipinski definition) is 1. The molecule has 0 saturated carbocycles. The van der Waals surface area contributed by atoms with Gasteiger partial charge in [-0.15, -0.1) is 0 Å². The maximum absolute atomic E-state index is 13.2. The van der Waals surface area contributed by atoms with Crippen LogP contribution in [-0.4, -0.2) is 73.0 Å². The Hall–Kier alpha value is -2.41. The van der Waals surface area contributed by atoms with Gasteiger partial charge in [-0.05, 0) is 30.9 Å².